The Morgan fingerprint density at radius 3 is 2.31 bits per heavy atom. The lowest BCUT2D eigenvalue weighted by Crippen LogP contribution is -2.28. The summed E-state index contributed by atoms with van der Waals surface area (Å²) in [6.07, 6.45) is 0. The van der Waals surface area contributed by atoms with Gasteiger partial charge in [-0.2, -0.15) is 0 Å². The molecule has 0 aliphatic carbocycles. The van der Waals surface area contributed by atoms with E-state index in [1.54, 1.807) is 26.0 Å². The average Bonchev–Trinajstić information content (AvgIpc) is 3.17. The highest BCUT2D eigenvalue weighted by Gasteiger charge is 2.26. The van der Waals surface area contributed by atoms with E-state index in [4.69, 9.17) is 9.47 Å². The molecule has 0 bridgehead atoms. The molecule has 32 heavy (non-hydrogen) atoms. The molecule has 0 aliphatic rings. The Morgan fingerprint density at radius 1 is 0.969 bits per heavy atom. The zero-order valence-corrected chi connectivity index (χ0v) is 19.5. The average molecular weight is 450 g/mol. The van der Waals surface area contributed by atoms with E-state index in [0.29, 0.717) is 5.75 Å². The molecule has 0 amide bonds. The highest BCUT2D eigenvalue weighted by molar-refractivity contribution is 7.43. The van der Waals surface area contributed by atoms with Crippen LogP contribution in [-0.2, 0) is 15.1 Å². The first-order valence-electron chi connectivity index (χ1n) is 10.5. The summed E-state index contributed by atoms with van der Waals surface area (Å²) in [5.41, 5.74) is 1.80. The lowest BCUT2D eigenvalue weighted by atomic mass is 9.98. The minimum atomic E-state index is -0.884. The molecule has 1 unspecified atom stereocenters. The fourth-order valence-electron chi connectivity index (χ4n) is 3.86. The molecule has 0 spiro atoms. The van der Waals surface area contributed by atoms with Crippen LogP contribution in [0, 0.1) is 19.7 Å². The van der Waals surface area contributed by atoms with Crippen molar-refractivity contribution in [2.24, 2.45) is 0 Å². The number of esters is 1. The van der Waals surface area contributed by atoms with Crippen LogP contribution in [0.5, 0.6) is 5.75 Å². The van der Waals surface area contributed by atoms with Crippen LogP contribution in [0.4, 0.5) is 4.39 Å². The summed E-state index contributed by atoms with van der Waals surface area (Å²) in [5.74, 6) is -0.104. The molecule has 164 valence electrons. The Hall–Kier alpha value is -3.18. The van der Waals surface area contributed by atoms with Gasteiger partial charge in [0.1, 0.15) is 22.5 Å². The van der Waals surface area contributed by atoms with Gasteiger partial charge in [0.15, 0.2) is 16.2 Å². The lowest BCUT2D eigenvalue weighted by molar-refractivity contribution is -0.159. The number of halogens is 1. The first kappa shape index (κ1) is 22.0. The van der Waals surface area contributed by atoms with Crippen LogP contribution >= 0.6 is 10.5 Å². The Bertz CT molecular complexity index is 1250. The predicted molar refractivity (Wildman–Crippen MR) is 128 cm³/mol. The summed E-state index contributed by atoms with van der Waals surface area (Å²) in [4.78, 5) is 13.7. The normalized spacial score (nSPS) is 12.1. The van der Waals surface area contributed by atoms with E-state index in [1.807, 2.05) is 13.8 Å². The van der Waals surface area contributed by atoms with Gasteiger partial charge < -0.3 is 9.47 Å². The molecule has 1 heterocycles. The number of thiophene rings is 1. The number of carbonyl (C=O) groups excluding carboxylic acids is 1. The maximum atomic E-state index is 13.2. The van der Waals surface area contributed by atoms with E-state index in [9.17, 15) is 9.18 Å². The van der Waals surface area contributed by atoms with Crippen molar-refractivity contribution >= 4 is 26.5 Å². The molecule has 3 nitrogen and oxygen atoms in total. The number of fused-ring (bicyclic) bond motifs is 1. The molecule has 5 heteroatoms. The quantitative estimate of drug-likeness (QED) is 0.231. The van der Waals surface area contributed by atoms with Crippen molar-refractivity contribution in [2.75, 3.05) is 6.61 Å². The molecule has 0 aliphatic heterocycles. The van der Waals surface area contributed by atoms with Crippen LogP contribution in [0.2, 0.25) is 0 Å². The first-order valence-corrected chi connectivity index (χ1v) is 11.8. The van der Waals surface area contributed by atoms with Crippen LogP contribution < -0.4 is 4.74 Å². The maximum absolute atomic E-state index is 13.2. The van der Waals surface area contributed by atoms with Crippen LogP contribution in [-0.4, -0.2) is 12.6 Å². The zero-order valence-electron chi connectivity index (χ0n) is 18.6. The summed E-state index contributed by atoms with van der Waals surface area (Å²) in [5, 5.41) is 3.51. The van der Waals surface area contributed by atoms with Gasteiger partial charge in [0, 0.05) is 34.1 Å². The molecular formula is C27H26FO3S+. The second-order valence-corrected chi connectivity index (χ2v) is 10.2. The van der Waals surface area contributed by atoms with Gasteiger partial charge in [-0.05, 0) is 68.7 Å². The Balaban J connectivity index is 1.48. The third-order valence-corrected chi connectivity index (χ3v) is 7.47. The molecule has 0 fully saturated rings. The van der Waals surface area contributed by atoms with Gasteiger partial charge in [0.05, 0.1) is 0 Å². The minimum Gasteiger partial charge on any atom is -0.481 e. The van der Waals surface area contributed by atoms with E-state index < -0.39 is 11.6 Å². The van der Waals surface area contributed by atoms with Gasteiger partial charge in [0.25, 0.3) is 0 Å². The van der Waals surface area contributed by atoms with E-state index in [0.717, 1.165) is 16.7 Å². The van der Waals surface area contributed by atoms with Gasteiger partial charge in [-0.25, -0.2) is 9.18 Å². The van der Waals surface area contributed by atoms with E-state index >= 15 is 0 Å². The zero-order chi connectivity index (χ0) is 22.9. The standard InChI is InChI=1S/C27H26FO3S/c1-18-15-23(32-14-13-20-7-5-6-8-24(20)32)16-19(2)26(18)30-17-25(29)31-27(3,4)21-9-11-22(28)12-10-21/h5-16H,17H2,1-4H3/q+1. The van der Waals surface area contributed by atoms with Crippen molar-refractivity contribution in [3.63, 3.8) is 0 Å². The second kappa shape index (κ2) is 8.75. The molecule has 0 saturated carbocycles. The molecule has 0 radical (unpaired) electrons. The van der Waals surface area contributed by atoms with Crippen LogP contribution in [0.15, 0.2) is 72.1 Å². The van der Waals surface area contributed by atoms with Crippen LogP contribution in [0.25, 0.3) is 15.0 Å². The third-order valence-electron chi connectivity index (χ3n) is 5.47. The van der Waals surface area contributed by atoms with E-state index in [-0.39, 0.29) is 22.9 Å². The van der Waals surface area contributed by atoms with Crippen LogP contribution in [0.3, 0.4) is 0 Å². The first-order chi connectivity index (χ1) is 15.2. The summed E-state index contributed by atoms with van der Waals surface area (Å²) < 4.78 is 26.0. The Kier molecular flexibility index (Phi) is 6.02. The molecular weight excluding hydrogens is 423 g/mol. The molecule has 0 saturated heterocycles. The Labute approximate surface area is 190 Å². The molecule has 4 rings (SSSR count). The summed E-state index contributed by atoms with van der Waals surface area (Å²) >= 11 is 0. The number of carbonyl (C=O) groups is 1. The van der Waals surface area contributed by atoms with Gasteiger partial charge in [-0.15, -0.1) is 0 Å². The highest BCUT2D eigenvalue weighted by atomic mass is 32.2. The highest BCUT2D eigenvalue weighted by Crippen LogP contribution is 2.42. The molecule has 3 aromatic carbocycles. The number of aryl methyl sites for hydroxylation is 2. The van der Waals surface area contributed by atoms with Crippen molar-refractivity contribution in [1.82, 2.24) is 0 Å². The third kappa shape index (κ3) is 4.53. The van der Waals surface area contributed by atoms with Gasteiger partial charge in [0.2, 0.25) is 0 Å². The fourth-order valence-corrected chi connectivity index (χ4v) is 5.92. The summed E-state index contributed by atoms with van der Waals surface area (Å²) in [6.45, 7) is 7.35. The van der Waals surface area contributed by atoms with Gasteiger partial charge in [-0.3, -0.25) is 0 Å². The van der Waals surface area contributed by atoms with Crippen LogP contribution in [0.1, 0.15) is 30.5 Å². The van der Waals surface area contributed by atoms with Gasteiger partial charge >= 0.3 is 5.97 Å². The Morgan fingerprint density at radius 2 is 1.62 bits per heavy atom. The summed E-state index contributed by atoms with van der Waals surface area (Å²) in [6, 6.07) is 20.8. The van der Waals surface area contributed by atoms with Crippen molar-refractivity contribution in [2.45, 2.75) is 33.3 Å². The van der Waals surface area contributed by atoms with Crippen molar-refractivity contribution in [1.29, 1.82) is 0 Å². The van der Waals surface area contributed by atoms with E-state index in [1.165, 1.54) is 27.1 Å². The summed E-state index contributed by atoms with van der Waals surface area (Å²) in [7, 11) is -0.0979. The SMILES string of the molecule is Cc1cc(-[s+]2ccc3ccccc32)cc(C)c1OCC(=O)OC(C)(C)c1ccc(F)cc1. The van der Waals surface area contributed by atoms with Crippen molar-refractivity contribution in [3.8, 4) is 10.6 Å². The fraction of sp³-hybridized carbons (Fsp3) is 0.222. The van der Waals surface area contributed by atoms with Crippen molar-refractivity contribution < 1.29 is 18.7 Å². The van der Waals surface area contributed by atoms with Crippen molar-refractivity contribution in [3.05, 3.63) is 94.6 Å². The maximum Gasteiger partial charge on any atom is 0.345 e. The monoisotopic (exact) mass is 449 g/mol. The predicted octanol–water partition coefficient (Wildman–Crippen LogP) is 7.19. The molecule has 0 N–H and O–H groups in total. The number of hydrogen-bond acceptors (Lipinski definition) is 3. The number of rotatable bonds is 6. The number of benzene rings is 3. The van der Waals surface area contributed by atoms with Gasteiger partial charge in [-0.1, -0.05) is 24.3 Å². The number of hydrogen-bond donors (Lipinski definition) is 0. The smallest absolute Gasteiger partial charge is 0.345 e. The largest absolute Gasteiger partial charge is 0.481 e. The minimum absolute atomic E-state index is 0.0979. The number of ether oxygens (including phenoxy) is 2. The molecule has 4 aromatic rings. The molecule has 1 aromatic heterocycles. The van der Waals surface area contributed by atoms with E-state index in [2.05, 4.69) is 47.8 Å². The topological polar surface area (TPSA) is 35.5 Å². The molecule has 1 atom stereocenters. The lowest BCUT2D eigenvalue weighted by Gasteiger charge is -2.25. The second-order valence-electron chi connectivity index (χ2n) is 8.34.